The van der Waals surface area contributed by atoms with E-state index < -0.39 is 17.0 Å². The zero-order valence-corrected chi connectivity index (χ0v) is 10.2. The fourth-order valence-corrected chi connectivity index (χ4v) is 2.02. The number of carbonyl (C=O) groups is 2. The third-order valence-corrected chi connectivity index (χ3v) is 3.26. The maximum Gasteiger partial charge on any atom is 0.234 e. The van der Waals surface area contributed by atoms with E-state index in [9.17, 15) is 14.0 Å². The van der Waals surface area contributed by atoms with Crippen LogP contribution in [0.2, 0.25) is 0 Å². The summed E-state index contributed by atoms with van der Waals surface area (Å²) in [5.74, 6) is -1.63. The molecule has 1 aliphatic rings. The number of amides is 1. The van der Waals surface area contributed by atoms with E-state index in [0.717, 1.165) is 0 Å². The second kappa shape index (κ2) is 3.81. The van der Waals surface area contributed by atoms with Crippen molar-refractivity contribution in [3.63, 3.8) is 0 Å². The van der Waals surface area contributed by atoms with Crippen LogP contribution in [-0.4, -0.2) is 17.6 Å². The average Bonchev–Trinajstić information content (AvgIpc) is 2.48. The molecule has 0 fully saturated rings. The number of benzene rings is 1. The van der Waals surface area contributed by atoms with E-state index in [0.29, 0.717) is 11.3 Å². The van der Waals surface area contributed by atoms with Crippen LogP contribution < -0.4 is 5.32 Å². The number of ketones is 1. The second-order valence-corrected chi connectivity index (χ2v) is 4.78. The van der Waals surface area contributed by atoms with Gasteiger partial charge in [-0.15, -0.1) is 11.6 Å². The summed E-state index contributed by atoms with van der Waals surface area (Å²) in [5, 5.41) is 2.59. The Morgan fingerprint density at radius 3 is 2.71 bits per heavy atom. The van der Waals surface area contributed by atoms with Crippen molar-refractivity contribution in [3.05, 3.63) is 29.1 Å². The smallest absolute Gasteiger partial charge is 0.234 e. The number of nitrogens with one attached hydrogen (secondary N) is 1. The molecule has 1 amide bonds. The standard InChI is InChI=1S/C12H11ClFNO2/c1-12(2)7-3-6(10(16)5-13)8(14)4-9(7)15-11(12)17/h3-4H,5H2,1-2H3,(H,15,17). The van der Waals surface area contributed by atoms with Gasteiger partial charge >= 0.3 is 0 Å². The molecule has 17 heavy (non-hydrogen) atoms. The van der Waals surface area contributed by atoms with Gasteiger partial charge in [0.25, 0.3) is 0 Å². The third-order valence-electron chi connectivity index (χ3n) is 3.02. The van der Waals surface area contributed by atoms with Crippen molar-refractivity contribution in [2.75, 3.05) is 11.2 Å². The summed E-state index contributed by atoms with van der Waals surface area (Å²) in [6.07, 6.45) is 0. The van der Waals surface area contributed by atoms with E-state index in [1.807, 2.05) is 0 Å². The number of halogens is 2. The normalized spacial score (nSPS) is 16.6. The first-order valence-electron chi connectivity index (χ1n) is 5.12. The Morgan fingerprint density at radius 1 is 1.47 bits per heavy atom. The van der Waals surface area contributed by atoms with Crippen LogP contribution in [0.4, 0.5) is 10.1 Å². The monoisotopic (exact) mass is 255 g/mol. The van der Waals surface area contributed by atoms with Gasteiger partial charge in [-0.1, -0.05) is 0 Å². The Balaban J connectivity index is 2.61. The molecule has 0 radical (unpaired) electrons. The van der Waals surface area contributed by atoms with Crippen molar-refractivity contribution in [3.8, 4) is 0 Å². The number of hydrogen-bond donors (Lipinski definition) is 1. The zero-order valence-electron chi connectivity index (χ0n) is 9.43. The quantitative estimate of drug-likeness (QED) is 0.652. The molecule has 0 spiro atoms. The van der Waals surface area contributed by atoms with Gasteiger partial charge in [0.15, 0.2) is 5.78 Å². The van der Waals surface area contributed by atoms with Crippen molar-refractivity contribution in [2.24, 2.45) is 0 Å². The lowest BCUT2D eigenvalue weighted by molar-refractivity contribution is -0.119. The first-order valence-corrected chi connectivity index (χ1v) is 5.66. The lowest BCUT2D eigenvalue weighted by Crippen LogP contribution is -2.27. The molecule has 90 valence electrons. The highest BCUT2D eigenvalue weighted by Crippen LogP contribution is 2.38. The molecule has 0 saturated carbocycles. The molecular formula is C12H11ClFNO2. The first-order chi connectivity index (χ1) is 7.87. The van der Waals surface area contributed by atoms with Gasteiger partial charge in [0, 0.05) is 5.69 Å². The number of hydrogen-bond acceptors (Lipinski definition) is 2. The first kappa shape index (κ1) is 12.0. The molecule has 0 saturated heterocycles. The minimum Gasteiger partial charge on any atom is -0.325 e. The number of Topliss-reactive ketones (excluding diaryl/α,β-unsaturated/α-hetero) is 1. The largest absolute Gasteiger partial charge is 0.325 e. The van der Waals surface area contributed by atoms with Crippen LogP contribution in [0.25, 0.3) is 0 Å². The van der Waals surface area contributed by atoms with Crippen molar-refractivity contribution in [1.82, 2.24) is 0 Å². The molecule has 0 unspecified atom stereocenters. The Morgan fingerprint density at radius 2 is 2.12 bits per heavy atom. The number of carbonyl (C=O) groups excluding carboxylic acids is 2. The highest BCUT2D eigenvalue weighted by atomic mass is 35.5. The van der Waals surface area contributed by atoms with Crippen LogP contribution in [-0.2, 0) is 10.2 Å². The molecule has 1 aliphatic heterocycles. The minimum atomic E-state index is -0.760. The third kappa shape index (κ3) is 1.72. The Bertz CT molecular complexity index is 525. The van der Waals surface area contributed by atoms with Crippen LogP contribution in [0, 0.1) is 5.82 Å². The van der Waals surface area contributed by atoms with Crippen LogP contribution in [0.5, 0.6) is 0 Å². The highest BCUT2D eigenvalue weighted by molar-refractivity contribution is 6.30. The summed E-state index contributed by atoms with van der Waals surface area (Å²) in [5.41, 5.74) is 0.217. The molecule has 5 heteroatoms. The fraction of sp³-hybridized carbons (Fsp3) is 0.333. The Hall–Kier alpha value is -1.42. The van der Waals surface area contributed by atoms with Crippen molar-refractivity contribution in [1.29, 1.82) is 0 Å². The number of rotatable bonds is 2. The van der Waals surface area contributed by atoms with Crippen molar-refractivity contribution in [2.45, 2.75) is 19.3 Å². The van der Waals surface area contributed by atoms with Gasteiger partial charge in [0.1, 0.15) is 5.82 Å². The molecule has 3 nitrogen and oxygen atoms in total. The van der Waals surface area contributed by atoms with Gasteiger partial charge in [0.05, 0.1) is 16.9 Å². The van der Waals surface area contributed by atoms with E-state index in [4.69, 9.17) is 11.6 Å². The SMILES string of the molecule is CC1(C)C(=O)Nc2cc(F)c(C(=O)CCl)cc21. The highest BCUT2D eigenvalue weighted by Gasteiger charge is 2.39. The summed E-state index contributed by atoms with van der Waals surface area (Å²) in [6, 6.07) is 2.58. The summed E-state index contributed by atoms with van der Waals surface area (Å²) in [4.78, 5) is 23.1. The van der Waals surface area contributed by atoms with Crippen LogP contribution in [0.1, 0.15) is 29.8 Å². The Kier molecular flexibility index (Phi) is 2.70. The van der Waals surface area contributed by atoms with Crippen LogP contribution in [0.3, 0.4) is 0 Å². The number of fused-ring (bicyclic) bond motifs is 1. The van der Waals surface area contributed by atoms with E-state index in [2.05, 4.69) is 5.32 Å². The van der Waals surface area contributed by atoms with Gasteiger partial charge in [-0.25, -0.2) is 4.39 Å². The lowest BCUT2D eigenvalue weighted by Gasteiger charge is -2.15. The summed E-state index contributed by atoms with van der Waals surface area (Å²) in [7, 11) is 0. The molecule has 1 heterocycles. The van der Waals surface area contributed by atoms with Gasteiger partial charge in [-0.05, 0) is 31.5 Å². The fourth-order valence-electron chi connectivity index (χ4n) is 1.88. The minimum absolute atomic E-state index is 0.0664. The predicted molar refractivity (Wildman–Crippen MR) is 63.1 cm³/mol. The second-order valence-electron chi connectivity index (χ2n) is 4.51. The van der Waals surface area contributed by atoms with E-state index in [1.165, 1.54) is 12.1 Å². The van der Waals surface area contributed by atoms with Gasteiger partial charge < -0.3 is 5.32 Å². The summed E-state index contributed by atoms with van der Waals surface area (Å²) >= 11 is 5.41. The molecule has 0 aliphatic carbocycles. The summed E-state index contributed by atoms with van der Waals surface area (Å²) in [6.45, 7) is 3.45. The van der Waals surface area contributed by atoms with Crippen LogP contribution >= 0.6 is 11.6 Å². The maximum absolute atomic E-state index is 13.6. The van der Waals surface area contributed by atoms with E-state index in [-0.39, 0.29) is 17.4 Å². The Labute approximate surface area is 103 Å². The average molecular weight is 256 g/mol. The molecule has 0 bridgehead atoms. The van der Waals surface area contributed by atoms with E-state index in [1.54, 1.807) is 13.8 Å². The molecule has 1 aromatic rings. The predicted octanol–water partition coefficient (Wildman–Crippen LogP) is 2.48. The van der Waals surface area contributed by atoms with Crippen molar-refractivity contribution < 1.29 is 14.0 Å². The lowest BCUT2D eigenvalue weighted by atomic mass is 9.85. The molecule has 1 aromatic carbocycles. The number of anilines is 1. The topological polar surface area (TPSA) is 46.2 Å². The molecule has 0 aromatic heterocycles. The number of alkyl halides is 1. The van der Waals surface area contributed by atoms with Gasteiger partial charge in [-0.3, -0.25) is 9.59 Å². The molecular weight excluding hydrogens is 245 g/mol. The van der Waals surface area contributed by atoms with E-state index >= 15 is 0 Å². The maximum atomic E-state index is 13.6. The van der Waals surface area contributed by atoms with Gasteiger partial charge in [-0.2, -0.15) is 0 Å². The van der Waals surface area contributed by atoms with Gasteiger partial charge in [0.2, 0.25) is 5.91 Å². The van der Waals surface area contributed by atoms with Crippen molar-refractivity contribution >= 4 is 29.0 Å². The molecule has 0 atom stereocenters. The molecule has 1 N–H and O–H groups in total. The van der Waals surface area contributed by atoms with Crippen LogP contribution in [0.15, 0.2) is 12.1 Å². The zero-order chi connectivity index (χ0) is 12.8. The summed E-state index contributed by atoms with van der Waals surface area (Å²) < 4.78 is 13.6. The molecule has 2 rings (SSSR count).